The number of alkyl carbamates (subject to hydrolysis) is 1. The monoisotopic (exact) mass is 450 g/mol. The van der Waals surface area contributed by atoms with E-state index in [1.807, 2.05) is 38.1 Å². The summed E-state index contributed by atoms with van der Waals surface area (Å²) in [5.41, 5.74) is 4.07. The zero-order chi connectivity index (χ0) is 23.6. The molecule has 0 aliphatic heterocycles. The number of aliphatic carboxylic acids is 1. The Hall–Kier alpha value is -3.35. The van der Waals surface area contributed by atoms with Gasteiger partial charge in [-0.1, -0.05) is 62.4 Å². The van der Waals surface area contributed by atoms with Crippen LogP contribution in [0.5, 0.6) is 0 Å². The van der Waals surface area contributed by atoms with Gasteiger partial charge in [-0.3, -0.25) is 4.79 Å². The minimum Gasteiger partial charge on any atom is -0.480 e. The summed E-state index contributed by atoms with van der Waals surface area (Å²) in [5, 5.41) is 14.7. The van der Waals surface area contributed by atoms with Gasteiger partial charge >= 0.3 is 12.1 Å². The number of rotatable bonds is 9. The smallest absolute Gasteiger partial charge is 0.407 e. The quantitative estimate of drug-likeness (QED) is 0.537. The third kappa shape index (κ3) is 5.35. The molecular weight excluding hydrogens is 420 g/mol. The van der Waals surface area contributed by atoms with Crippen LogP contribution in [0.2, 0.25) is 0 Å². The van der Waals surface area contributed by atoms with Gasteiger partial charge in [0.25, 0.3) is 0 Å². The van der Waals surface area contributed by atoms with E-state index in [4.69, 9.17) is 4.74 Å². The van der Waals surface area contributed by atoms with Crippen LogP contribution in [0.15, 0.2) is 48.5 Å². The third-order valence-corrected chi connectivity index (χ3v) is 6.37. The molecule has 0 spiro atoms. The number of hydrogen-bond acceptors (Lipinski definition) is 4. The van der Waals surface area contributed by atoms with Gasteiger partial charge in [-0.05, 0) is 46.4 Å². The molecule has 1 atom stereocenters. The first-order valence-electron chi connectivity index (χ1n) is 11.4. The summed E-state index contributed by atoms with van der Waals surface area (Å²) < 4.78 is 5.55. The number of carbonyl (C=O) groups excluding carboxylic acids is 2. The van der Waals surface area contributed by atoms with Crippen molar-refractivity contribution in [1.82, 2.24) is 10.6 Å². The van der Waals surface area contributed by atoms with Gasteiger partial charge in [0.2, 0.25) is 5.91 Å². The molecule has 33 heavy (non-hydrogen) atoms. The normalized spacial score (nSPS) is 15.8. The molecule has 3 N–H and O–H groups in total. The Kier molecular flexibility index (Phi) is 6.40. The highest BCUT2D eigenvalue weighted by Crippen LogP contribution is 2.44. The molecule has 4 rings (SSSR count). The van der Waals surface area contributed by atoms with Crippen LogP contribution in [-0.2, 0) is 14.3 Å². The average molecular weight is 451 g/mol. The first-order chi connectivity index (χ1) is 15.7. The fraction of sp³-hybridized carbons (Fsp3) is 0.423. The Labute approximate surface area is 193 Å². The topological polar surface area (TPSA) is 105 Å². The van der Waals surface area contributed by atoms with E-state index in [1.165, 1.54) is 11.1 Å². The molecule has 7 nitrogen and oxygen atoms in total. The second kappa shape index (κ2) is 9.25. The van der Waals surface area contributed by atoms with Crippen molar-refractivity contribution in [3.05, 3.63) is 59.7 Å². The summed E-state index contributed by atoms with van der Waals surface area (Å²) in [5.74, 6) is -1.32. The standard InChI is InChI=1S/C26H30N2O5/c1-26(2,13-22(29)28-23(24(30)31)16-11-12-16)15-27-25(32)33-14-21-19-9-5-3-7-17(19)18-8-4-6-10-20(18)21/h3-10,16,21,23H,11-15H2,1-2H3,(H,27,32)(H,28,29)(H,30,31). The lowest BCUT2D eigenvalue weighted by Gasteiger charge is -2.25. The number of carboxylic acid groups (broad SMARTS) is 1. The third-order valence-electron chi connectivity index (χ3n) is 6.37. The van der Waals surface area contributed by atoms with Crippen LogP contribution in [-0.4, -0.2) is 42.3 Å². The fourth-order valence-corrected chi connectivity index (χ4v) is 4.49. The molecule has 0 bridgehead atoms. The second-order valence-electron chi connectivity index (χ2n) is 9.74. The number of amides is 2. The molecule has 1 unspecified atom stereocenters. The van der Waals surface area contributed by atoms with Crippen LogP contribution < -0.4 is 10.6 Å². The van der Waals surface area contributed by atoms with E-state index < -0.39 is 23.5 Å². The Balaban J connectivity index is 1.28. The van der Waals surface area contributed by atoms with Crippen molar-refractivity contribution in [3.63, 3.8) is 0 Å². The first-order valence-corrected chi connectivity index (χ1v) is 11.4. The molecule has 1 saturated carbocycles. The van der Waals surface area contributed by atoms with Crippen molar-refractivity contribution in [3.8, 4) is 11.1 Å². The predicted molar refractivity (Wildman–Crippen MR) is 124 cm³/mol. The molecule has 0 radical (unpaired) electrons. The highest BCUT2D eigenvalue weighted by atomic mass is 16.5. The largest absolute Gasteiger partial charge is 0.480 e. The van der Waals surface area contributed by atoms with E-state index in [-0.39, 0.29) is 37.3 Å². The molecule has 0 saturated heterocycles. The fourth-order valence-electron chi connectivity index (χ4n) is 4.49. The molecule has 2 aliphatic carbocycles. The minimum absolute atomic E-state index is 0.0164. The van der Waals surface area contributed by atoms with Crippen molar-refractivity contribution in [1.29, 1.82) is 0 Å². The molecule has 174 valence electrons. The zero-order valence-corrected chi connectivity index (χ0v) is 19.0. The molecular formula is C26H30N2O5. The molecule has 0 aromatic heterocycles. The van der Waals surface area contributed by atoms with E-state index in [1.54, 1.807) is 0 Å². The van der Waals surface area contributed by atoms with E-state index in [0.717, 1.165) is 24.0 Å². The van der Waals surface area contributed by atoms with Crippen molar-refractivity contribution in [2.24, 2.45) is 11.3 Å². The summed E-state index contributed by atoms with van der Waals surface area (Å²) in [6.45, 7) is 4.16. The number of fused-ring (bicyclic) bond motifs is 3. The van der Waals surface area contributed by atoms with Gasteiger partial charge in [-0.25, -0.2) is 9.59 Å². The number of benzene rings is 2. The molecule has 2 aromatic carbocycles. The summed E-state index contributed by atoms with van der Waals surface area (Å²) in [4.78, 5) is 36.1. The number of nitrogens with one attached hydrogen (secondary N) is 2. The lowest BCUT2D eigenvalue weighted by atomic mass is 9.88. The van der Waals surface area contributed by atoms with Gasteiger partial charge in [-0.2, -0.15) is 0 Å². The summed E-state index contributed by atoms with van der Waals surface area (Å²) in [6, 6.07) is 15.5. The Morgan fingerprint density at radius 3 is 2.15 bits per heavy atom. The highest BCUT2D eigenvalue weighted by Gasteiger charge is 2.38. The molecule has 1 fully saturated rings. The number of carbonyl (C=O) groups is 3. The van der Waals surface area contributed by atoms with Crippen molar-refractivity contribution in [2.45, 2.75) is 45.1 Å². The van der Waals surface area contributed by atoms with Gasteiger partial charge in [0.15, 0.2) is 0 Å². The maximum atomic E-state index is 12.4. The highest BCUT2D eigenvalue weighted by molar-refractivity contribution is 5.84. The Morgan fingerprint density at radius 1 is 1.03 bits per heavy atom. The molecule has 0 heterocycles. The predicted octanol–water partition coefficient (Wildman–Crippen LogP) is 3.92. The average Bonchev–Trinajstić information content (AvgIpc) is 3.57. The SMILES string of the molecule is CC(C)(CNC(=O)OCC1c2ccccc2-c2ccccc21)CC(=O)NC(C(=O)O)C1CC1. The lowest BCUT2D eigenvalue weighted by Crippen LogP contribution is -2.45. The van der Waals surface area contributed by atoms with Gasteiger partial charge in [0.05, 0.1) is 0 Å². The number of carboxylic acids is 1. The van der Waals surface area contributed by atoms with Gasteiger partial charge in [-0.15, -0.1) is 0 Å². The zero-order valence-electron chi connectivity index (χ0n) is 19.0. The lowest BCUT2D eigenvalue weighted by molar-refractivity contribution is -0.142. The molecule has 7 heteroatoms. The summed E-state index contributed by atoms with van der Waals surface area (Å²) >= 11 is 0. The van der Waals surface area contributed by atoms with Crippen LogP contribution >= 0.6 is 0 Å². The van der Waals surface area contributed by atoms with Gasteiger partial charge in [0.1, 0.15) is 12.6 Å². The van der Waals surface area contributed by atoms with E-state index in [9.17, 15) is 19.5 Å². The van der Waals surface area contributed by atoms with Gasteiger partial charge < -0.3 is 20.5 Å². The second-order valence-corrected chi connectivity index (χ2v) is 9.74. The summed E-state index contributed by atoms with van der Waals surface area (Å²) in [7, 11) is 0. The molecule has 2 amide bonds. The Bertz CT molecular complexity index is 1010. The molecule has 2 aromatic rings. The summed E-state index contributed by atoms with van der Waals surface area (Å²) in [6.07, 6.45) is 1.22. The van der Waals surface area contributed by atoms with Crippen molar-refractivity contribution in [2.75, 3.05) is 13.2 Å². The Morgan fingerprint density at radius 2 is 1.61 bits per heavy atom. The number of ether oxygens (including phenoxy) is 1. The van der Waals surface area contributed by atoms with Crippen LogP contribution in [0.3, 0.4) is 0 Å². The van der Waals surface area contributed by atoms with Crippen molar-refractivity contribution >= 4 is 18.0 Å². The van der Waals surface area contributed by atoms with Crippen LogP contribution in [0.1, 0.15) is 50.2 Å². The number of hydrogen-bond donors (Lipinski definition) is 3. The maximum Gasteiger partial charge on any atom is 0.407 e. The minimum atomic E-state index is -1.000. The maximum absolute atomic E-state index is 12.4. The van der Waals surface area contributed by atoms with E-state index in [2.05, 4.69) is 34.9 Å². The van der Waals surface area contributed by atoms with Crippen LogP contribution in [0.4, 0.5) is 4.79 Å². The van der Waals surface area contributed by atoms with E-state index in [0.29, 0.717) is 0 Å². The van der Waals surface area contributed by atoms with Gasteiger partial charge in [0, 0.05) is 18.9 Å². The van der Waals surface area contributed by atoms with Crippen LogP contribution in [0.25, 0.3) is 11.1 Å². The molecule has 2 aliphatic rings. The van der Waals surface area contributed by atoms with E-state index >= 15 is 0 Å². The first kappa shape index (κ1) is 22.8. The van der Waals surface area contributed by atoms with Crippen LogP contribution in [0, 0.1) is 11.3 Å². The van der Waals surface area contributed by atoms with Crippen molar-refractivity contribution < 1.29 is 24.2 Å².